The molecule has 4 N–H and O–H groups in total. The molecular formula is C12H16N4O. The van der Waals surface area contributed by atoms with Gasteiger partial charge in [-0.25, -0.2) is 0 Å². The molecule has 1 aromatic rings. The van der Waals surface area contributed by atoms with E-state index in [-0.39, 0.29) is 12.5 Å². The van der Waals surface area contributed by atoms with Crippen molar-refractivity contribution in [3.63, 3.8) is 0 Å². The van der Waals surface area contributed by atoms with Gasteiger partial charge in [0.05, 0.1) is 12.1 Å². The molecule has 0 aromatic heterocycles. The molecule has 0 fully saturated rings. The fourth-order valence-electron chi connectivity index (χ4n) is 1.27. The summed E-state index contributed by atoms with van der Waals surface area (Å²) in [5.41, 5.74) is 7.15. The van der Waals surface area contributed by atoms with E-state index in [2.05, 4.69) is 10.6 Å². The Balaban J connectivity index is 2.53. The second kappa shape index (κ2) is 6.38. The first-order chi connectivity index (χ1) is 8.17. The first kappa shape index (κ1) is 12.8. The Morgan fingerprint density at radius 2 is 2.29 bits per heavy atom. The van der Waals surface area contributed by atoms with Crippen LogP contribution in [0.2, 0.25) is 0 Å². The number of nitrogens with two attached hydrogens (primary N) is 1. The van der Waals surface area contributed by atoms with Crippen molar-refractivity contribution in [2.75, 3.05) is 24.1 Å². The molecule has 5 heteroatoms. The maximum Gasteiger partial charge on any atom is 0.239 e. The van der Waals surface area contributed by atoms with E-state index in [4.69, 9.17) is 11.0 Å². The fraction of sp³-hybridized carbons (Fsp3) is 0.333. The number of rotatable bonds is 5. The Bertz CT molecular complexity index is 437. The molecule has 0 spiro atoms. The van der Waals surface area contributed by atoms with Crippen LogP contribution in [0, 0.1) is 11.3 Å². The van der Waals surface area contributed by atoms with Gasteiger partial charge in [0.25, 0.3) is 0 Å². The van der Waals surface area contributed by atoms with Crippen LogP contribution in [-0.2, 0) is 4.79 Å². The van der Waals surface area contributed by atoms with Gasteiger partial charge < -0.3 is 16.4 Å². The topological polar surface area (TPSA) is 90.9 Å². The van der Waals surface area contributed by atoms with Crippen LogP contribution in [0.25, 0.3) is 0 Å². The number of amides is 1. The van der Waals surface area contributed by atoms with Crippen molar-refractivity contribution in [1.29, 1.82) is 5.26 Å². The smallest absolute Gasteiger partial charge is 0.239 e. The van der Waals surface area contributed by atoms with Gasteiger partial charge in [0.2, 0.25) is 5.91 Å². The maximum absolute atomic E-state index is 11.3. The summed E-state index contributed by atoms with van der Waals surface area (Å²) < 4.78 is 0. The van der Waals surface area contributed by atoms with Crippen molar-refractivity contribution in [3.05, 3.63) is 23.8 Å². The number of carbonyl (C=O) groups excluding carboxylic acids is 1. The monoisotopic (exact) mass is 232 g/mol. The van der Waals surface area contributed by atoms with Crippen molar-refractivity contribution in [3.8, 4) is 6.07 Å². The van der Waals surface area contributed by atoms with Crippen LogP contribution in [0.3, 0.4) is 0 Å². The second-order valence-corrected chi connectivity index (χ2v) is 3.62. The predicted molar refractivity (Wildman–Crippen MR) is 67.4 cm³/mol. The summed E-state index contributed by atoms with van der Waals surface area (Å²) >= 11 is 0. The van der Waals surface area contributed by atoms with Gasteiger partial charge in [0.1, 0.15) is 6.07 Å². The van der Waals surface area contributed by atoms with Crippen molar-refractivity contribution in [2.45, 2.75) is 13.3 Å². The van der Waals surface area contributed by atoms with Gasteiger partial charge in [-0.3, -0.25) is 4.79 Å². The molecule has 0 radical (unpaired) electrons. The number of benzene rings is 1. The maximum atomic E-state index is 11.3. The summed E-state index contributed by atoms with van der Waals surface area (Å²) in [4.78, 5) is 11.3. The lowest BCUT2D eigenvalue weighted by molar-refractivity contribution is -0.119. The Morgan fingerprint density at radius 1 is 1.53 bits per heavy atom. The molecule has 0 aliphatic carbocycles. The van der Waals surface area contributed by atoms with E-state index in [1.807, 2.05) is 13.0 Å². The van der Waals surface area contributed by atoms with Crippen molar-refractivity contribution in [1.82, 2.24) is 5.32 Å². The van der Waals surface area contributed by atoms with Gasteiger partial charge in [0, 0.05) is 17.9 Å². The minimum atomic E-state index is -0.0674. The van der Waals surface area contributed by atoms with E-state index < -0.39 is 0 Å². The number of nitriles is 1. The summed E-state index contributed by atoms with van der Waals surface area (Å²) in [6, 6.07) is 7.00. The van der Waals surface area contributed by atoms with Gasteiger partial charge in [-0.15, -0.1) is 0 Å². The Hall–Kier alpha value is -2.22. The molecule has 0 saturated carbocycles. The highest BCUT2D eigenvalue weighted by atomic mass is 16.1. The lowest BCUT2D eigenvalue weighted by Gasteiger charge is -2.08. The Labute approximate surface area is 101 Å². The fourth-order valence-corrected chi connectivity index (χ4v) is 1.27. The van der Waals surface area contributed by atoms with E-state index in [1.54, 1.807) is 18.2 Å². The number of hydrogen-bond acceptors (Lipinski definition) is 4. The zero-order chi connectivity index (χ0) is 12.7. The average molecular weight is 232 g/mol. The van der Waals surface area contributed by atoms with Gasteiger partial charge in [-0.1, -0.05) is 6.92 Å². The molecule has 0 bridgehead atoms. The van der Waals surface area contributed by atoms with Crippen LogP contribution in [0.4, 0.5) is 11.4 Å². The molecular weight excluding hydrogens is 216 g/mol. The average Bonchev–Trinajstić information content (AvgIpc) is 2.35. The summed E-state index contributed by atoms with van der Waals surface area (Å²) in [6.07, 6.45) is 0.909. The molecule has 0 aliphatic rings. The third-order valence-electron chi connectivity index (χ3n) is 2.20. The minimum absolute atomic E-state index is 0.0674. The number of nitrogen functional groups attached to an aromatic ring is 1. The molecule has 17 heavy (non-hydrogen) atoms. The largest absolute Gasteiger partial charge is 0.398 e. The lowest BCUT2D eigenvalue weighted by atomic mass is 10.2. The van der Waals surface area contributed by atoms with Gasteiger partial charge in [-0.2, -0.15) is 5.26 Å². The minimum Gasteiger partial charge on any atom is -0.398 e. The van der Waals surface area contributed by atoms with E-state index >= 15 is 0 Å². The molecule has 0 unspecified atom stereocenters. The molecule has 1 amide bonds. The van der Waals surface area contributed by atoms with Crippen LogP contribution in [0.15, 0.2) is 18.2 Å². The number of anilines is 2. The van der Waals surface area contributed by atoms with Crippen molar-refractivity contribution >= 4 is 17.3 Å². The summed E-state index contributed by atoms with van der Waals surface area (Å²) in [6.45, 7) is 2.85. The van der Waals surface area contributed by atoms with Crippen LogP contribution < -0.4 is 16.4 Å². The Morgan fingerprint density at radius 3 is 2.94 bits per heavy atom. The zero-order valence-corrected chi connectivity index (χ0v) is 9.79. The van der Waals surface area contributed by atoms with Gasteiger partial charge in [0.15, 0.2) is 0 Å². The molecule has 0 heterocycles. The first-order valence-electron chi connectivity index (χ1n) is 5.47. The number of carbonyl (C=O) groups is 1. The molecule has 1 aromatic carbocycles. The van der Waals surface area contributed by atoms with Gasteiger partial charge >= 0.3 is 0 Å². The quantitative estimate of drug-likeness (QED) is 0.662. The molecule has 90 valence electrons. The molecule has 5 nitrogen and oxygen atoms in total. The van der Waals surface area contributed by atoms with E-state index in [1.165, 1.54) is 0 Å². The summed E-state index contributed by atoms with van der Waals surface area (Å²) in [5.74, 6) is -0.0674. The van der Waals surface area contributed by atoms with Crippen molar-refractivity contribution < 1.29 is 4.79 Å². The van der Waals surface area contributed by atoms with E-state index in [0.717, 1.165) is 6.42 Å². The number of nitrogens with zero attached hydrogens (tertiary/aromatic N) is 1. The van der Waals surface area contributed by atoms with Crippen LogP contribution >= 0.6 is 0 Å². The SMILES string of the molecule is CCCNC(=O)CNc1ccc(N)c(C#N)c1. The molecule has 0 saturated heterocycles. The highest BCUT2D eigenvalue weighted by Gasteiger charge is 2.02. The third-order valence-corrected chi connectivity index (χ3v) is 2.20. The lowest BCUT2D eigenvalue weighted by Crippen LogP contribution is -2.30. The number of nitrogens with one attached hydrogen (secondary N) is 2. The highest BCUT2D eigenvalue weighted by molar-refractivity contribution is 5.80. The number of hydrogen-bond donors (Lipinski definition) is 3. The van der Waals surface area contributed by atoms with Crippen LogP contribution in [-0.4, -0.2) is 19.0 Å². The van der Waals surface area contributed by atoms with Crippen LogP contribution in [0.5, 0.6) is 0 Å². The molecule has 0 atom stereocenters. The molecule has 0 aliphatic heterocycles. The summed E-state index contributed by atoms with van der Waals surface area (Å²) in [5, 5.41) is 14.5. The summed E-state index contributed by atoms with van der Waals surface area (Å²) in [7, 11) is 0. The molecule has 1 rings (SSSR count). The van der Waals surface area contributed by atoms with E-state index in [0.29, 0.717) is 23.5 Å². The van der Waals surface area contributed by atoms with Crippen LogP contribution in [0.1, 0.15) is 18.9 Å². The third kappa shape index (κ3) is 4.03. The zero-order valence-electron chi connectivity index (χ0n) is 9.79. The highest BCUT2D eigenvalue weighted by Crippen LogP contribution is 2.16. The Kier molecular flexibility index (Phi) is 4.82. The van der Waals surface area contributed by atoms with Gasteiger partial charge in [-0.05, 0) is 24.6 Å². The van der Waals surface area contributed by atoms with E-state index in [9.17, 15) is 4.79 Å². The normalized spacial score (nSPS) is 9.41. The first-order valence-corrected chi connectivity index (χ1v) is 5.47. The van der Waals surface area contributed by atoms with Crippen molar-refractivity contribution in [2.24, 2.45) is 0 Å². The standard InChI is InChI=1S/C12H16N4O/c1-2-5-15-12(17)8-16-10-3-4-11(14)9(6-10)7-13/h3-4,6,16H,2,5,8,14H2,1H3,(H,15,17). The predicted octanol–water partition coefficient (Wildman–Crippen LogP) is 1.08. The second-order valence-electron chi connectivity index (χ2n) is 3.62.